The van der Waals surface area contributed by atoms with Crippen LogP contribution in [0.3, 0.4) is 0 Å². The van der Waals surface area contributed by atoms with E-state index in [1.165, 1.54) is 0 Å². The first kappa shape index (κ1) is 32.8. The summed E-state index contributed by atoms with van der Waals surface area (Å²) in [6.07, 6.45) is 4.40. The second kappa shape index (κ2) is 16.6. The summed E-state index contributed by atoms with van der Waals surface area (Å²) in [6, 6.07) is 12.0. The highest BCUT2D eigenvalue weighted by Gasteiger charge is 2.28. The van der Waals surface area contributed by atoms with Crippen molar-refractivity contribution in [3.63, 3.8) is 0 Å². The number of hydrogen-bond donors (Lipinski definition) is 6. The van der Waals surface area contributed by atoms with Gasteiger partial charge in [0.2, 0.25) is 23.6 Å². The Hall–Kier alpha value is -3.76. The zero-order valence-electron chi connectivity index (χ0n) is 24.9. The Morgan fingerprint density at radius 2 is 1.21 bits per heavy atom. The largest absolute Gasteiger partial charge is 0.356 e. The molecule has 42 heavy (non-hydrogen) atoms. The zero-order chi connectivity index (χ0) is 30.5. The van der Waals surface area contributed by atoms with Crippen LogP contribution in [-0.4, -0.2) is 49.3 Å². The summed E-state index contributed by atoms with van der Waals surface area (Å²) in [5, 5.41) is 11.6. The number of carbonyl (C=O) groups excluding carboxylic acids is 4. The summed E-state index contributed by atoms with van der Waals surface area (Å²) in [7, 11) is 0. The highest BCUT2D eigenvalue weighted by molar-refractivity contribution is 5.94. The van der Waals surface area contributed by atoms with Crippen molar-refractivity contribution in [2.75, 3.05) is 30.3 Å². The van der Waals surface area contributed by atoms with Gasteiger partial charge in [0, 0.05) is 62.1 Å². The van der Waals surface area contributed by atoms with E-state index in [2.05, 4.69) is 28.2 Å². The van der Waals surface area contributed by atoms with Gasteiger partial charge in [0.05, 0.1) is 0 Å². The quantitative estimate of drug-likeness (QED) is 0.156. The predicted molar refractivity (Wildman–Crippen MR) is 167 cm³/mol. The van der Waals surface area contributed by atoms with Crippen molar-refractivity contribution in [3.8, 4) is 11.1 Å². The summed E-state index contributed by atoms with van der Waals surface area (Å²) in [5.41, 5.74) is 17.1. The van der Waals surface area contributed by atoms with E-state index in [-0.39, 0.29) is 48.4 Å². The maximum Gasteiger partial charge on any atom is 0.224 e. The molecule has 10 nitrogen and oxygen atoms in total. The SMILES string of the molecule is CCC1c2cc(NC(=O)CCCC(=O)NCCCN)ccc2-c2ccc(NC(=O)CCCC(=O)NCCC(C)N)cc21. The van der Waals surface area contributed by atoms with E-state index in [1.807, 2.05) is 43.3 Å². The normalized spacial score (nSPS) is 14.0. The monoisotopic (exact) mass is 578 g/mol. The number of nitrogens with two attached hydrogens (primary N) is 2. The maximum atomic E-state index is 12.6. The number of fused-ring (bicyclic) bond motifs is 3. The number of benzene rings is 2. The van der Waals surface area contributed by atoms with Gasteiger partial charge in [0.25, 0.3) is 0 Å². The molecule has 4 amide bonds. The molecule has 0 fully saturated rings. The molecule has 2 aromatic rings. The van der Waals surface area contributed by atoms with E-state index in [1.54, 1.807) is 0 Å². The van der Waals surface area contributed by atoms with Gasteiger partial charge in [0.1, 0.15) is 0 Å². The lowest BCUT2D eigenvalue weighted by molar-refractivity contribution is -0.122. The van der Waals surface area contributed by atoms with E-state index in [0.29, 0.717) is 45.3 Å². The molecule has 0 saturated carbocycles. The van der Waals surface area contributed by atoms with Crippen LogP contribution in [0.25, 0.3) is 11.1 Å². The Balaban J connectivity index is 1.52. The van der Waals surface area contributed by atoms with E-state index in [0.717, 1.165) is 52.9 Å². The molecule has 1 aliphatic carbocycles. The van der Waals surface area contributed by atoms with Gasteiger partial charge in [-0.15, -0.1) is 0 Å². The van der Waals surface area contributed by atoms with Crippen LogP contribution in [0, 0.1) is 0 Å². The third-order valence-corrected chi connectivity index (χ3v) is 7.36. The fourth-order valence-corrected chi connectivity index (χ4v) is 5.17. The van der Waals surface area contributed by atoms with Crippen LogP contribution in [-0.2, 0) is 19.2 Å². The van der Waals surface area contributed by atoms with Crippen LogP contribution < -0.4 is 32.7 Å². The Morgan fingerprint density at radius 1 is 0.738 bits per heavy atom. The molecular weight excluding hydrogens is 532 g/mol. The first-order chi connectivity index (χ1) is 20.2. The first-order valence-electron chi connectivity index (χ1n) is 15.1. The molecule has 0 aromatic heterocycles. The second-order valence-corrected chi connectivity index (χ2v) is 11.0. The predicted octanol–water partition coefficient (Wildman–Crippen LogP) is 3.75. The molecule has 0 heterocycles. The molecule has 2 atom stereocenters. The van der Waals surface area contributed by atoms with E-state index in [9.17, 15) is 19.2 Å². The average Bonchev–Trinajstić information content (AvgIpc) is 3.24. The van der Waals surface area contributed by atoms with Gasteiger partial charge < -0.3 is 32.7 Å². The van der Waals surface area contributed by atoms with E-state index >= 15 is 0 Å². The van der Waals surface area contributed by atoms with Crippen molar-refractivity contribution >= 4 is 35.0 Å². The standard InChI is InChI=1S/C32H46N6O4/c1-3-24-27-19-22(37-31(41)9-4-7-29(39)35-17-6-16-33)11-13-25(27)26-14-12-23(20-28(24)26)38-32(42)10-5-8-30(40)36-18-15-21(2)34/h11-14,19-21,24H,3-10,15-18,33-34H2,1-2H3,(H,35,39)(H,36,40)(H,37,41)(H,38,42). The van der Waals surface area contributed by atoms with Gasteiger partial charge in [-0.05, 0) is 92.1 Å². The summed E-state index contributed by atoms with van der Waals surface area (Å²) >= 11 is 0. The number of amides is 4. The molecule has 3 rings (SSSR count). The molecule has 0 bridgehead atoms. The van der Waals surface area contributed by atoms with Crippen LogP contribution in [0.5, 0.6) is 0 Å². The minimum absolute atomic E-state index is 0.0420. The van der Waals surface area contributed by atoms with Crippen LogP contribution in [0.1, 0.15) is 88.7 Å². The summed E-state index contributed by atoms with van der Waals surface area (Å²) in [5.74, 6) is -0.243. The Bertz CT molecular complexity index is 1250. The second-order valence-electron chi connectivity index (χ2n) is 11.0. The lowest BCUT2D eigenvalue weighted by Crippen LogP contribution is -2.28. The third kappa shape index (κ3) is 9.95. The third-order valence-electron chi connectivity index (χ3n) is 7.36. The van der Waals surface area contributed by atoms with Crippen molar-refractivity contribution in [3.05, 3.63) is 47.5 Å². The molecule has 2 unspecified atom stereocenters. The average molecular weight is 579 g/mol. The molecule has 0 radical (unpaired) electrons. The van der Waals surface area contributed by atoms with Crippen LogP contribution in [0.15, 0.2) is 36.4 Å². The van der Waals surface area contributed by atoms with Crippen LogP contribution in [0.4, 0.5) is 11.4 Å². The van der Waals surface area contributed by atoms with E-state index < -0.39 is 0 Å². The molecular formula is C32H46N6O4. The van der Waals surface area contributed by atoms with Crippen molar-refractivity contribution < 1.29 is 19.2 Å². The van der Waals surface area contributed by atoms with Crippen LogP contribution in [0.2, 0.25) is 0 Å². The zero-order valence-corrected chi connectivity index (χ0v) is 24.9. The highest BCUT2D eigenvalue weighted by Crippen LogP contribution is 2.48. The van der Waals surface area contributed by atoms with Gasteiger partial charge in [-0.1, -0.05) is 19.1 Å². The number of carbonyl (C=O) groups is 4. The van der Waals surface area contributed by atoms with Crippen molar-refractivity contribution in [1.29, 1.82) is 0 Å². The van der Waals surface area contributed by atoms with Gasteiger partial charge in [0.15, 0.2) is 0 Å². The molecule has 0 aliphatic heterocycles. The molecule has 228 valence electrons. The number of anilines is 2. The fraction of sp³-hybridized carbons (Fsp3) is 0.500. The van der Waals surface area contributed by atoms with Gasteiger partial charge in [-0.2, -0.15) is 0 Å². The highest BCUT2D eigenvalue weighted by atomic mass is 16.2. The molecule has 1 aliphatic rings. The maximum absolute atomic E-state index is 12.6. The Morgan fingerprint density at radius 3 is 1.67 bits per heavy atom. The molecule has 0 spiro atoms. The number of nitrogens with one attached hydrogen (secondary N) is 4. The van der Waals surface area contributed by atoms with Crippen molar-refractivity contribution in [2.24, 2.45) is 11.5 Å². The van der Waals surface area contributed by atoms with Gasteiger partial charge in [-0.25, -0.2) is 0 Å². The fourth-order valence-electron chi connectivity index (χ4n) is 5.17. The number of rotatable bonds is 17. The Labute approximate surface area is 248 Å². The molecule has 10 heteroatoms. The smallest absolute Gasteiger partial charge is 0.224 e. The molecule has 0 saturated heterocycles. The lowest BCUT2D eigenvalue weighted by atomic mass is 9.94. The topological polar surface area (TPSA) is 168 Å². The lowest BCUT2D eigenvalue weighted by Gasteiger charge is -2.13. The minimum Gasteiger partial charge on any atom is -0.356 e. The summed E-state index contributed by atoms with van der Waals surface area (Å²) in [4.78, 5) is 48.9. The van der Waals surface area contributed by atoms with Crippen molar-refractivity contribution in [2.45, 2.75) is 83.6 Å². The van der Waals surface area contributed by atoms with Crippen LogP contribution >= 0.6 is 0 Å². The van der Waals surface area contributed by atoms with Gasteiger partial charge in [-0.3, -0.25) is 19.2 Å². The minimum atomic E-state index is -0.125. The molecule has 2 aromatic carbocycles. The Kier molecular flexibility index (Phi) is 13.0. The summed E-state index contributed by atoms with van der Waals surface area (Å²) in [6.45, 7) is 5.65. The first-order valence-corrected chi connectivity index (χ1v) is 15.1. The van der Waals surface area contributed by atoms with Crippen molar-refractivity contribution in [1.82, 2.24) is 10.6 Å². The number of hydrogen-bond acceptors (Lipinski definition) is 6. The van der Waals surface area contributed by atoms with Gasteiger partial charge >= 0.3 is 0 Å². The summed E-state index contributed by atoms with van der Waals surface area (Å²) < 4.78 is 0. The van der Waals surface area contributed by atoms with E-state index in [4.69, 9.17) is 11.5 Å². The molecule has 8 N–H and O–H groups in total.